The van der Waals surface area contributed by atoms with E-state index < -0.39 is 15.4 Å². The summed E-state index contributed by atoms with van der Waals surface area (Å²) >= 11 is 3.58. The molecule has 8 nitrogen and oxygen atoms in total. The van der Waals surface area contributed by atoms with Gasteiger partial charge in [0.2, 0.25) is 0 Å². The van der Waals surface area contributed by atoms with E-state index in [-0.39, 0.29) is 18.2 Å². The molecule has 1 unspecified atom stereocenters. The molecule has 0 aliphatic carbocycles. The number of benzene rings is 4. The minimum absolute atomic E-state index is 0.0156. The van der Waals surface area contributed by atoms with E-state index in [2.05, 4.69) is 42.6 Å². The van der Waals surface area contributed by atoms with E-state index in [1.165, 1.54) is 18.5 Å². The highest BCUT2D eigenvalue weighted by atomic mass is 79.9. The van der Waals surface area contributed by atoms with Crippen LogP contribution in [-0.2, 0) is 26.8 Å². The number of hydrogen-bond donors (Lipinski definition) is 2. The molecule has 1 aliphatic heterocycles. The van der Waals surface area contributed by atoms with E-state index in [1.54, 1.807) is 42.7 Å². The van der Waals surface area contributed by atoms with Crippen molar-refractivity contribution >= 4 is 48.2 Å². The van der Waals surface area contributed by atoms with Crippen molar-refractivity contribution in [3.63, 3.8) is 0 Å². The van der Waals surface area contributed by atoms with Gasteiger partial charge in [0.05, 0.1) is 26.9 Å². The lowest BCUT2D eigenvalue weighted by Crippen LogP contribution is -2.32. The Bertz CT molecular complexity index is 1970. The molecular weight excluding hydrogens is 671 g/mol. The van der Waals surface area contributed by atoms with Gasteiger partial charge in [0, 0.05) is 30.5 Å². The van der Waals surface area contributed by atoms with Crippen LogP contribution in [0.5, 0.6) is 5.75 Å². The predicted octanol–water partition coefficient (Wildman–Crippen LogP) is 7.44. The third-order valence-electron chi connectivity index (χ3n) is 7.83. The second-order valence-corrected chi connectivity index (χ2v) is 13.9. The number of ether oxygens (including phenoxy) is 2. The molecule has 0 spiro atoms. The topological polar surface area (TPSA) is 102 Å². The SMILES string of the molecule is O=S(=O)(CCNCCC1(c2ccc3ncnc(Nc4ccc(OCc5cccc(F)c5)c(Br)c4)c3c2)CC=CO1)c1ccccc1. The van der Waals surface area contributed by atoms with Crippen LogP contribution in [0, 0.1) is 5.82 Å². The van der Waals surface area contributed by atoms with Crippen molar-refractivity contribution in [2.24, 2.45) is 0 Å². The summed E-state index contributed by atoms with van der Waals surface area (Å²) < 4.78 is 51.6. The van der Waals surface area contributed by atoms with Crippen molar-refractivity contribution in [3.05, 3.63) is 131 Å². The van der Waals surface area contributed by atoms with Gasteiger partial charge in [0.15, 0.2) is 9.84 Å². The number of rotatable bonds is 13. The van der Waals surface area contributed by atoms with Crippen LogP contribution in [0.15, 0.2) is 119 Å². The van der Waals surface area contributed by atoms with Crippen LogP contribution >= 0.6 is 15.9 Å². The van der Waals surface area contributed by atoms with E-state index in [1.807, 2.05) is 42.5 Å². The Morgan fingerprint density at radius 1 is 0.957 bits per heavy atom. The second-order valence-electron chi connectivity index (χ2n) is 11.0. The van der Waals surface area contributed by atoms with Gasteiger partial charge in [-0.1, -0.05) is 36.4 Å². The van der Waals surface area contributed by atoms with Gasteiger partial charge < -0.3 is 20.1 Å². The predicted molar refractivity (Wildman–Crippen MR) is 180 cm³/mol. The monoisotopic (exact) mass is 702 g/mol. The molecule has 1 atom stereocenters. The average Bonchev–Trinajstić information content (AvgIpc) is 3.55. The zero-order chi connectivity index (χ0) is 32.0. The first-order valence-corrected chi connectivity index (χ1v) is 17.3. The van der Waals surface area contributed by atoms with Crippen molar-refractivity contribution in [3.8, 4) is 5.75 Å². The van der Waals surface area contributed by atoms with E-state index in [4.69, 9.17) is 9.47 Å². The van der Waals surface area contributed by atoms with Gasteiger partial charge in [-0.25, -0.2) is 22.8 Å². The number of fused-ring (bicyclic) bond motifs is 1. The quantitative estimate of drug-likeness (QED) is 0.122. The fourth-order valence-electron chi connectivity index (χ4n) is 5.38. The van der Waals surface area contributed by atoms with Crippen LogP contribution < -0.4 is 15.4 Å². The summed E-state index contributed by atoms with van der Waals surface area (Å²) in [5.74, 6) is 0.980. The molecular formula is C35H32BrFN4O4S. The maximum atomic E-state index is 13.5. The summed E-state index contributed by atoms with van der Waals surface area (Å²) in [6, 6.07) is 26.5. The van der Waals surface area contributed by atoms with Crippen LogP contribution in [0.4, 0.5) is 15.9 Å². The largest absolute Gasteiger partial charge is 0.490 e. The van der Waals surface area contributed by atoms with Gasteiger partial charge in [-0.15, -0.1) is 0 Å². The summed E-state index contributed by atoms with van der Waals surface area (Å²) in [6.07, 6.45) is 6.56. The summed E-state index contributed by atoms with van der Waals surface area (Å²) in [6.45, 7) is 1.15. The Kier molecular flexibility index (Phi) is 9.62. The Labute approximate surface area is 275 Å². The highest BCUT2D eigenvalue weighted by Crippen LogP contribution is 2.40. The third kappa shape index (κ3) is 7.38. The van der Waals surface area contributed by atoms with E-state index >= 15 is 0 Å². The standard InChI is InChI=1S/C35H32BrFN4O4S/c36-31-22-28(11-13-33(31)44-23-25-6-4-7-27(37)20-25)41-34-30-21-26(10-12-32(30)39-24-40-34)35(14-5-18-45-35)15-16-38-17-19-46(42,43)29-8-2-1-3-9-29/h1-13,18,20-22,24,38H,14-17,19,23H2,(H,39,40,41). The van der Waals surface area contributed by atoms with Gasteiger partial charge in [0.25, 0.3) is 0 Å². The van der Waals surface area contributed by atoms with Gasteiger partial charge in [-0.2, -0.15) is 0 Å². The molecule has 5 aromatic rings. The lowest BCUT2D eigenvalue weighted by atomic mass is 9.87. The highest BCUT2D eigenvalue weighted by Gasteiger charge is 2.35. The fraction of sp³-hybridized carbons (Fsp3) is 0.200. The molecule has 1 aromatic heterocycles. The number of nitrogens with zero attached hydrogens (tertiary/aromatic N) is 2. The van der Waals surface area contributed by atoms with Gasteiger partial charge in [0.1, 0.15) is 35.9 Å². The van der Waals surface area contributed by atoms with Gasteiger partial charge >= 0.3 is 0 Å². The Hall–Kier alpha value is -4.32. The van der Waals surface area contributed by atoms with E-state index in [9.17, 15) is 12.8 Å². The molecule has 6 rings (SSSR count). The molecule has 0 radical (unpaired) electrons. The Balaban J connectivity index is 1.13. The molecule has 2 N–H and O–H groups in total. The van der Waals surface area contributed by atoms with Crippen LogP contribution in [0.3, 0.4) is 0 Å². The lowest BCUT2D eigenvalue weighted by molar-refractivity contribution is 0.0329. The molecule has 236 valence electrons. The van der Waals surface area contributed by atoms with Crippen molar-refractivity contribution in [2.75, 3.05) is 24.2 Å². The summed E-state index contributed by atoms with van der Waals surface area (Å²) in [4.78, 5) is 9.33. The second kappa shape index (κ2) is 14.0. The maximum Gasteiger partial charge on any atom is 0.179 e. The zero-order valence-corrected chi connectivity index (χ0v) is 27.2. The van der Waals surface area contributed by atoms with Crippen molar-refractivity contribution < 1.29 is 22.3 Å². The molecule has 0 saturated heterocycles. The van der Waals surface area contributed by atoms with Crippen LogP contribution in [-0.4, -0.2) is 37.2 Å². The van der Waals surface area contributed by atoms with E-state index in [0.717, 1.165) is 32.2 Å². The Morgan fingerprint density at radius 3 is 2.61 bits per heavy atom. The summed E-state index contributed by atoms with van der Waals surface area (Å²) in [5, 5.41) is 7.52. The lowest BCUT2D eigenvalue weighted by Gasteiger charge is -2.30. The third-order valence-corrected chi connectivity index (χ3v) is 10.2. The van der Waals surface area contributed by atoms with Gasteiger partial charge in [-0.3, -0.25) is 0 Å². The van der Waals surface area contributed by atoms with Gasteiger partial charge in [-0.05, 0) is 94.3 Å². The number of nitrogens with one attached hydrogen (secondary N) is 2. The summed E-state index contributed by atoms with van der Waals surface area (Å²) in [5.41, 5.74) is 2.68. The molecule has 46 heavy (non-hydrogen) atoms. The normalized spacial score (nSPS) is 16.0. The average molecular weight is 704 g/mol. The smallest absolute Gasteiger partial charge is 0.179 e. The number of hydrogen-bond acceptors (Lipinski definition) is 8. The van der Waals surface area contributed by atoms with Crippen molar-refractivity contribution in [1.29, 1.82) is 0 Å². The maximum absolute atomic E-state index is 13.5. The molecule has 11 heteroatoms. The number of anilines is 2. The van der Waals surface area contributed by atoms with Crippen molar-refractivity contribution in [1.82, 2.24) is 15.3 Å². The Morgan fingerprint density at radius 2 is 1.83 bits per heavy atom. The first kappa shape index (κ1) is 31.7. The minimum Gasteiger partial charge on any atom is -0.490 e. The van der Waals surface area contributed by atoms with Crippen molar-refractivity contribution in [2.45, 2.75) is 29.9 Å². The first-order valence-electron chi connectivity index (χ1n) is 14.8. The zero-order valence-electron chi connectivity index (χ0n) is 24.8. The molecule has 4 aromatic carbocycles. The molecule has 0 bridgehead atoms. The minimum atomic E-state index is -3.35. The number of aromatic nitrogens is 2. The summed E-state index contributed by atoms with van der Waals surface area (Å²) in [7, 11) is -3.35. The first-order chi connectivity index (χ1) is 22.3. The van der Waals surface area contributed by atoms with Crippen LogP contribution in [0.1, 0.15) is 24.0 Å². The molecule has 1 aliphatic rings. The molecule has 0 fully saturated rings. The molecule has 0 saturated carbocycles. The highest BCUT2D eigenvalue weighted by molar-refractivity contribution is 9.10. The van der Waals surface area contributed by atoms with Crippen LogP contribution in [0.25, 0.3) is 10.9 Å². The fourth-order valence-corrected chi connectivity index (χ4v) is 7.10. The van der Waals surface area contributed by atoms with Crippen LogP contribution in [0.2, 0.25) is 0 Å². The molecule has 2 heterocycles. The molecule has 0 amide bonds. The van der Waals surface area contributed by atoms with E-state index in [0.29, 0.717) is 42.4 Å². The number of halogens is 2. The number of sulfone groups is 1.